The minimum Gasteiger partial charge on any atom is -0.299 e. The Kier molecular flexibility index (Phi) is 19.4. The highest BCUT2D eigenvalue weighted by Gasteiger charge is 1.68. The van der Waals surface area contributed by atoms with Gasteiger partial charge in [-0.3, -0.25) is 9.59 Å². The maximum absolute atomic E-state index is 9.59. The van der Waals surface area contributed by atoms with Gasteiger partial charge in [0.15, 0.2) is 0 Å². The second-order valence-electron chi connectivity index (χ2n) is 2.71. The van der Waals surface area contributed by atoms with Crippen LogP contribution in [0.4, 0.5) is 0 Å². The van der Waals surface area contributed by atoms with Crippen molar-refractivity contribution >= 4 is 12.6 Å². The van der Waals surface area contributed by atoms with E-state index in [0.717, 1.165) is 38.3 Å². The maximum atomic E-state index is 9.59. The van der Waals surface area contributed by atoms with Crippen molar-refractivity contribution in [3.05, 3.63) is 24.3 Å². The van der Waals surface area contributed by atoms with Crippen LogP contribution in [-0.4, -0.2) is 12.6 Å². The molecule has 2 heteroatoms. The van der Waals surface area contributed by atoms with E-state index in [1.54, 1.807) is 0 Å². The Morgan fingerprint density at radius 3 is 1.36 bits per heavy atom. The molecule has 0 spiro atoms. The summed E-state index contributed by atoms with van der Waals surface area (Å²) in [7, 11) is 0. The van der Waals surface area contributed by atoms with Crippen LogP contribution >= 0.6 is 0 Å². The summed E-state index contributed by atoms with van der Waals surface area (Å²) in [6.07, 6.45) is 12.7. The SMILES string of the molecule is CCCC=CC=O.CCCC=CC=O. The molecule has 2 nitrogen and oxygen atoms in total. The summed E-state index contributed by atoms with van der Waals surface area (Å²) in [4.78, 5) is 19.2. The fraction of sp³-hybridized carbons (Fsp3) is 0.500. The van der Waals surface area contributed by atoms with E-state index >= 15 is 0 Å². The molecule has 0 saturated heterocycles. The van der Waals surface area contributed by atoms with Crippen molar-refractivity contribution in [1.29, 1.82) is 0 Å². The van der Waals surface area contributed by atoms with Crippen molar-refractivity contribution in [2.24, 2.45) is 0 Å². The number of hydrogen-bond acceptors (Lipinski definition) is 2. The topological polar surface area (TPSA) is 34.1 Å². The monoisotopic (exact) mass is 196 g/mol. The number of carbonyl (C=O) groups is 2. The quantitative estimate of drug-likeness (QED) is 0.483. The van der Waals surface area contributed by atoms with Crippen molar-refractivity contribution in [2.45, 2.75) is 39.5 Å². The van der Waals surface area contributed by atoms with Crippen LogP contribution in [-0.2, 0) is 9.59 Å². The molecular formula is C12H20O2. The van der Waals surface area contributed by atoms with Gasteiger partial charge in [0.2, 0.25) is 0 Å². The minimum absolute atomic E-state index is 0.801. The van der Waals surface area contributed by atoms with Crippen LogP contribution in [0.25, 0.3) is 0 Å². The fourth-order valence-electron chi connectivity index (χ4n) is 0.637. The van der Waals surface area contributed by atoms with Crippen molar-refractivity contribution in [3.63, 3.8) is 0 Å². The highest BCUT2D eigenvalue weighted by Crippen LogP contribution is 1.85. The van der Waals surface area contributed by atoms with Crippen LogP contribution in [0.5, 0.6) is 0 Å². The zero-order valence-electron chi connectivity index (χ0n) is 9.11. The molecular weight excluding hydrogens is 176 g/mol. The molecule has 0 aliphatic rings. The van der Waals surface area contributed by atoms with E-state index in [4.69, 9.17) is 0 Å². The highest BCUT2D eigenvalue weighted by atomic mass is 16.1. The van der Waals surface area contributed by atoms with Gasteiger partial charge in [0.1, 0.15) is 12.6 Å². The molecule has 80 valence electrons. The molecule has 0 aliphatic carbocycles. The predicted molar refractivity (Wildman–Crippen MR) is 60.2 cm³/mol. The molecule has 0 radical (unpaired) electrons. The summed E-state index contributed by atoms with van der Waals surface area (Å²) < 4.78 is 0. The third-order valence-corrected chi connectivity index (χ3v) is 1.34. The molecule has 0 aromatic heterocycles. The van der Waals surface area contributed by atoms with Gasteiger partial charge in [-0.05, 0) is 25.0 Å². The van der Waals surface area contributed by atoms with Crippen LogP contribution < -0.4 is 0 Å². The Hall–Kier alpha value is -1.18. The zero-order chi connectivity index (χ0) is 11.1. The predicted octanol–water partition coefficient (Wildman–Crippen LogP) is 3.08. The van der Waals surface area contributed by atoms with Gasteiger partial charge in [0.25, 0.3) is 0 Å². The molecule has 0 rings (SSSR count). The maximum Gasteiger partial charge on any atom is 0.142 e. The second kappa shape index (κ2) is 17.8. The summed E-state index contributed by atoms with van der Waals surface area (Å²) in [5.41, 5.74) is 0. The molecule has 0 N–H and O–H groups in total. The second-order valence-corrected chi connectivity index (χ2v) is 2.71. The van der Waals surface area contributed by atoms with Crippen molar-refractivity contribution in [3.8, 4) is 0 Å². The Balaban J connectivity index is 0. The van der Waals surface area contributed by atoms with E-state index in [0.29, 0.717) is 0 Å². The van der Waals surface area contributed by atoms with E-state index in [1.807, 2.05) is 12.2 Å². The Labute approximate surface area is 86.7 Å². The molecule has 0 aliphatic heterocycles. The number of allylic oxidation sites excluding steroid dienone is 4. The lowest BCUT2D eigenvalue weighted by atomic mass is 10.3. The number of rotatable bonds is 6. The average molecular weight is 196 g/mol. The summed E-state index contributed by atoms with van der Waals surface area (Å²) in [6.45, 7) is 4.16. The summed E-state index contributed by atoms with van der Waals surface area (Å²) in [6, 6.07) is 0. The largest absolute Gasteiger partial charge is 0.299 e. The van der Waals surface area contributed by atoms with Crippen molar-refractivity contribution < 1.29 is 9.59 Å². The molecule has 14 heavy (non-hydrogen) atoms. The summed E-state index contributed by atoms with van der Waals surface area (Å²) in [5, 5.41) is 0. The van der Waals surface area contributed by atoms with E-state index in [1.165, 1.54) is 12.2 Å². The molecule has 0 heterocycles. The molecule has 0 aromatic rings. The van der Waals surface area contributed by atoms with E-state index in [9.17, 15) is 9.59 Å². The normalized spacial score (nSPS) is 9.86. The van der Waals surface area contributed by atoms with E-state index in [2.05, 4.69) is 13.8 Å². The third-order valence-electron chi connectivity index (χ3n) is 1.34. The molecule has 0 saturated carbocycles. The standard InChI is InChI=1S/2C6H10O/c2*1-2-3-4-5-6-7/h2*4-6H,2-3H2,1H3. The molecule has 0 aromatic carbocycles. The Morgan fingerprint density at radius 1 is 0.786 bits per heavy atom. The van der Waals surface area contributed by atoms with Crippen LogP contribution in [0.3, 0.4) is 0 Å². The summed E-state index contributed by atoms with van der Waals surface area (Å²) in [5.74, 6) is 0. The average Bonchev–Trinajstić information content (AvgIpc) is 2.21. The van der Waals surface area contributed by atoms with E-state index < -0.39 is 0 Å². The number of hydrogen-bond donors (Lipinski definition) is 0. The zero-order valence-corrected chi connectivity index (χ0v) is 9.11. The van der Waals surface area contributed by atoms with Gasteiger partial charge in [0, 0.05) is 0 Å². The molecule has 0 bridgehead atoms. The van der Waals surface area contributed by atoms with Crippen LogP contribution in [0.1, 0.15) is 39.5 Å². The van der Waals surface area contributed by atoms with Gasteiger partial charge in [0.05, 0.1) is 0 Å². The third kappa shape index (κ3) is 22.4. The van der Waals surface area contributed by atoms with Gasteiger partial charge in [-0.2, -0.15) is 0 Å². The first kappa shape index (κ1) is 15.3. The minimum atomic E-state index is 0.801. The first-order chi connectivity index (χ1) is 6.83. The first-order valence-corrected chi connectivity index (χ1v) is 5.04. The first-order valence-electron chi connectivity index (χ1n) is 5.04. The van der Waals surface area contributed by atoms with Gasteiger partial charge in [-0.15, -0.1) is 0 Å². The molecule has 0 atom stereocenters. The van der Waals surface area contributed by atoms with Gasteiger partial charge in [-0.1, -0.05) is 38.8 Å². The van der Waals surface area contributed by atoms with Gasteiger partial charge in [-0.25, -0.2) is 0 Å². The lowest BCUT2D eigenvalue weighted by Crippen LogP contribution is -1.61. The smallest absolute Gasteiger partial charge is 0.142 e. The molecule has 0 amide bonds. The van der Waals surface area contributed by atoms with E-state index in [-0.39, 0.29) is 0 Å². The van der Waals surface area contributed by atoms with Gasteiger partial charge >= 0.3 is 0 Å². The van der Waals surface area contributed by atoms with Crippen LogP contribution in [0.15, 0.2) is 24.3 Å². The fourth-order valence-corrected chi connectivity index (χ4v) is 0.637. The number of carbonyl (C=O) groups excluding carboxylic acids is 2. The molecule has 0 fully saturated rings. The lowest BCUT2D eigenvalue weighted by Gasteiger charge is -1.76. The Bertz CT molecular complexity index is 149. The van der Waals surface area contributed by atoms with Crippen molar-refractivity contribution in [1.82, 2.24) is 0 Å². The Morgan fingerprint density at radius 2 is 1.14 bits per heavy atom. The highest BCUT2D eigenvalue weighted by molar-refractivity contribution is 5.64. The van der Waals surface area contributed by atoms with Crippen LogP contribution in [0.2, 0.25) is 0 Å². The number of aldehydes is 2. The van der Waals surface area contributed by atoms with Crippen molar-refractivity contribution in [2.75, 3.05) is 0 Å². The van der Waals surface area contributed by atoms with Gasteiger partial charge < -0.3 is 0 Å². The number of unbranched alkanes of at least 4 members (excludes halogenated alkanes) is 2. The molecule has 0 unspecified atom stereocenters. The van der Waals surface area contributed by atoms with Crippen LogP contribution in [0, 0.1) is 0 Å². The summed E-state index contributed by atoms with van der Waals surface area (Å²) >= 11 is 0. The lowest BCUT2D eigenvalue weighted by molar-refractivity contribution is -0.104.